The second-order valence-corrected chi connectivity index (χ2v) is 8.74. The monoisotopic (exact) mass is 327 g/mol. The molecule has 1 N–H and O–H groups in total. The maximum atomic E-state index is 12.5. The Morgan fingerprint density at radius 2 is 2.14 bits per heavy atom. The number of hydrogen-bond donors (Lipinski definition) is 1. The quantitative estimate of drug-likeness (QED) is 0.919. The first-order chi connectivity index (χ1) is 9.91. The van der Waals surface area contributed by atoms with Crippen LogP contribution >= 0.6 is 11.6 Å². The van der Waals surface area contributed by atoms with Crippen LogP contribution in [0, 0.1) is 5.92 Å². The van der Waals surface area contributed by atoms with Crippen LogP contribution in [0.15, 0.2) is 24.3 Å². The molecule has 1 aromatic rings. The van der Waals surface area contributed by atoms with Crippen LogP contribution in [0.25, 0.3) is 0 Å². The molecule has 0 spiro atoms. The minimum Gasteiger partial charge on any atom is -0.355 e. The molecule has 114 valence electrons. The number of amides is 1. The lowest BCUT2D eigenvalue weighted by Crippen LogP contribution is -2.37. The van der Waals surface area contributed by atoms with Crippen LogP contribution in [0.5, 0.6) is 0 Å². The SMILES string of the molecule is O=C(NCC1CCS(=O)(=O)C1)C1(c2cccc(Cl)c2)CC1. The van der Waals surface area contributed by atoms with Crippen LogP contribution in [0.1, 0.15) is 24.8 Å². The van der Waals surface area contributed by atoms with Crippen molar-refractivity contribution in [3.8, 4) is 0 Å². The Morgan fingerprint density at radius 1 is 1.38 bits per heavy atom. The molecule has 1 saturated carbocycles. The van der Waals surface area contributed by atoms with Crippen molar-refractivity contribution in [3.05, 3.63) is 34.9 Å². The first-order valence-electron chi connectivity index (χ1n) is 7.16. The van der Waals surface area contributed by atoms with Gasteiger partial charge in [0.2, 0.25) is 5.91 Å². The Kier molecular flexibility index (Phi) is 3.74. The third-order valence-corrected chi connectivity index (χ3v) is 6.51. The van der Waals surface area contributed by atoms with Crippen molar-refractivity contribution < 1.29 is 13.2 Å². The molecule has 0 aromatic heterocycles. The van der Waals surface area contributed by atoms with E-state index in [2.05, 4.69) is 5.32 Å². The molecule has 21 heavy (non-hydrogen) atoms. The predicted octanol–water partition coefficient (Wildman–Crippen LogP) is 1.92. The van der Waals surface area contributed by atoms with E-state index in [0.717, 1.165) is 18.4 Å². The summed E-state index contributed by atoms with van der Waals surface area (Å²) >= 11 is 6.00. The van der Waals surface area contributed by atoms with Crippen molar-refractivity contribution in [1.82, 2.24) is 5.32 Å². The molecule has 3 rings (SSSR count). The zero-order chi connectivity index (χ0) is 15.1. The van der Waals surface area contributed by atoms with Crippen molar-refractivity contribution in [1.29, 1.82) is 0 Å². The minimum atomic E-state index is -2.89. The fraction of sp³-hybridized carbons (Fsp3) is 0.533. The number of carbonyl (C=O) groups is 1. The zero-order valence-corrected chi connectivity index (χ0v) is 13.2. The maximum Gasteiger partial charge on any atom is 0.230 e. The number of hydrogen-bond acceptors (Lipinski definition) is 3. The first-order valence-corrected chi connectivity index (χ1v) is 9.36. The topological polar surface area (TPSA) is 63.2 Å². The molecule has 0 bridgehead atoms. The molecule has 1 unspecified atom stereocenters. The van der Waals surface area contributed by atoms with Gasteiger partial charge in [-0.2, -0.15) is 0 Å². The smallest absolute Gasteiger partial charge is 0.230 e. The van der Waals surface area contributed by atoms with E-state index in [1.165, 1.54) is 0 Å². The number of nitrogens with one attached hydrogen (secondary N) is 1. The lowest BCUT2D eigenvalue weighted by atomic mass is 9.94. The number of halogens is 1. The number of rotatable bonds is 4. The van der Waals surface area contributed by atoms with Crippen molar-refractivity contribution in [2.24, 2.45) is 5.92 Å². The zero-order valence-electron chi connectivity index (χ0n) is 11.6. The Hall–Kier alpha value is -1.07. The number of benzene rings is 1. The highest BCUT2D eigenvalue weighted by atomic mass is 35.5. The molecular formula is C15H18ClNO3S. The molecule has 1 aromatic carbocycles. The summed E-state index contributed by atoms with van der Waals surface area (Å²) in [4.78, 5) is 12.5. The number of carbonyl (C=O) groups excluding carboxylic acids is 1. The van der Waals surface area contributed by atoms with E-state index in [-0.39, 0.29) is 23.3 Å². The summed E-state index contributed by atoms with van der Waals surface area (Å²) in [6.07, 6.45) is 2.29. The first kappa shape index (κ1) is 14.9. The molecule has 1 atom stereocenters. The van der Waals surface area contributed by atoms with Crippen molar-refractivity contribution >= 4 is 27.3 Å². The minimum absolute atomic E-state index is 0.00550. The molecule has 4 nitrogen and oxygen atoms in total. The van der Waals surface area contributed by atoms with E-state index in [9.17, 15) is 13.2 Å². The van der Waals surface area contributed by atoms with Crippen molar-refractivity contribution in [2.45, 2.75) is 24.7 Å². The van der Waals surface area contributed by atoms with Gasteiger partial charge in [-0.05, 0) is 42.9 Å². The fourth-order valence-corrected chi connectivity index (χ4v) is 5.05. The van der Waals surface area contributed by atoms with E-state index in [4.69, 9.17) is 11.6 Å². The molecule has 1 heterocycles. The van der Waals surface area contributed by atoms with Gasteiger partial charge in [0, 0.05) is 11.6 Å². The average Bonchev–Trinajstić information content (AvgIpc) is 3.16. The van der Waals surface area contributed by atoms with Gasteiger partial charge in [-0.3, -0.25) is 4.79 Å². The highest BCUT2D eigenvalue weighted by Crippen LogP contribution is 2.48. The molecule has 1 aliphatic carbocycles. The number of sulfone groups is 1. The molecule has 1 amide bonds. The Balaban J connectivity index is 1.63. The molecule has 6 heteroatoms. The maximum absolute atomic E-state index is 12.5. The molecule has 0 radical (unpaired) electrons. The molecule has 2 aliphatic rings. The molecule has 1 aliphatic heterocycles. The second-order valence-electron chi connectivity index (χ2n) is 6.07. The summed E-state index contributed by atoms with van der Waals surface area (Å²) in [6, 6.07) is 7.42. The Morgan fingerprint density at radius 3 is 2.71 bits per heavy atom. The average molecular weight is 328 g/mol. The highest BCUT2D eigenvalue weighted by Gasteiger charge is 2.51. The van der Waals surface area contributed by atoms with Crippen LogP contribution in [0.2, 0.25) is 5.02 Å². The summed E-state index contributed by atoms with van der Waals surface area (Å²) in [5, 5.41) is 3.57. The van der Waals surface area contributed by atoms with Crippen LogP contribution in [-0.4, -0.2) is 32.4 Å². The van der Waals surface area contributed by atoms with Gasteiger partial charge in [-0.1, -0.05) is 23.7 Å². The third-order valence-electron chi connectivity index (χ3n) is 4.44. The van der Waals surface area contributed by atoms with Gasteiger partial charge in [0.05, 0.1) is 16.9 Å². The third kappa shape index (κ3) is 3.09. The molecule has 2 fully saturated rings. The normalized spacial score (nSPS) is 25.5. The van der Waals surface area contributed by atoms with Crippen LogP contribution in [-0.2, 0) is 20.0 Å². The summed E-state index contributed by atoms with van der Waals surface area (Å²) in [5.74, 6) is 0.480. The molecule has 1 saturated heterocycles. The predicted molar refractivity (Wildman–Crippen MR) is 82.1 cm³/mol. The standard InChI is InChI=1S/C15H18ClNO3S/c16-13-3-1-2-12(8-13)15(5-6-15)14(18)17-9-11-4-7-21(19,20)10-11/h1-3,8,11H,4-7,9-10H2,(H,17,18). The van der Waals surface area contributed by atoms with Crippen LogP contribution in [0.3, 0.4) is 0 Å². The van der Waals surface area contributed by atoms with E-state index in [1.807, 2.05) is 18.2 Å². The van der Waals surface area contributed by atoms with E-state index < -0.39 is 15.3 Å². The summed E-state index contributed by atoms with van der Waals surface area (Å²) in [5.41, 5.74) is 0.495. The Bertz CT molecular complexity index is 667. The largest absolute Gasteiger partial charge is 0.355 e. The van der Waals surface area contributed by atoms with Gasteiger partial charge in [-0.15, -0.1) is 0 Å². The summed E-state index contributed by atoms with van der Waals surface area (Å²) < 4.78 is 22.9. The van der Waals surface area contributed by atoms with Crippen molar-refractivity contribution in [3.63, 3.8) is 0 Å². The summed E-state index contributed by atoms with van der Waals surface area (Å²) in [7, 11) is -2.89. The van der Waals surface area contributed by atoms with Crippen LogP contribution in [0.4, 0.5) is 0 Å². The molecular weight excluding hydrogens is 310 g/mol. The van der Waals surface area contributed by atoms with Gasteiger partial charge in [0.15, 0.2) is 9.84 Å². The second kappa shape index (κ2) is 5.29. The van der Waals surface area contributed by atoms with Gasteiger partial charge in [0.1, 0.15) is 0 Å². The lowest BCUT2D eigenvalue weighted by molar-refractivity contribution is -0.123. The van der Waals surface area contributed by atoms with Gasteiger partial charge in [0.25, 0.3) is 0 Å². The Labute approximate surface area is 129 Å². The van der Waals surface area contributed by atoms with E-state index in [0.29, 0.717) is 18.0 Å². The summed E-state index contributed by atoms with van der Waals surface area (Å²) in [6.45, 7) is 0.445. The highest BCUT2D eigenvalue weighted by molar-refractivity contribution is 7.91. The van der Waals surface area contributed by atoms with Gasteiger partial charge in [-0.25, -0.2) is 8.42 Å². The van der Waals surface area contributed by atoms with Crippen molar-refractivity contribution in [2.75, 3.05) is 18.1 Å². The fourth-order valence-electron chi connectivity index (χ4n) is 3.00. The van der Waals surface area contributed by atoms with Crippen LogP contribution < -0.4 is 5.32 Å². The lowest BCUT2D eigenvalue weighted by Gasteiger charge is -2.17. The van der Waals surface area contributed by atoms with E-state index in [1.54, 1.807) is 6.07 Å². The van der Waals surface area contributed by atoms with Gasteiger partial charge >= 0.3 is 0 Å². The van der Waals surface area contributed by atoms with E-state index >= 15 is 0 Å². The van der Waals surface area contributed by atoms with Gasteiger partial charge < -0.3 is 5.32 Å².